The SMILES string of the molecule is CCCCCCCC(=O)NN=C(c1ccc(Cl)cc1)c1ccc(CSC)s1. The Kier molecular flexibility index (Phi) is 9.95. The Hall–Kier alpha value is -1.30. The standard InChI is InChI=1S/C21H27ClN2OS2/c1-3-4-5-6-7-8-20(25)23-24-21(16-9-11-17(22)12-10-16)19-14-13-18(27-19)15-26-2/h9-14H,3-8,15H2,1-2H3,(H,23,25). The summed E-state index contributed by atoms with van der Waals surface area (Å²) >= 11 is 9.52. The lowest BCUT2D eigenvalue weighted by atomic mass is 10.1. The van der Waals surface area contributed by atoms with E-state index >= 15 is 0 Å². The molecular formula is C21H27ClN2OS2. The van der Waals surface area contributed by atoms with Gasteiger partial charge in [0.2, 0.25) is 5.91 Å². The molecule has 1 heterocycles. The first-order valence-electron chi connectivity index (χ1n) is 9.34. The number of carbonyl (C=O) groups is 1. The van der Waals surface area contributed by atoms with Gasteiger partial charge in [-0.1, -0.05) is 56.3 Å². The quantitative estimate of drug-likeness (QED) is 0.255. The van der Waals surface area contributed by atoms with E-state index in [4.69, 9.17) is 11.6 Å². The summed E-state index contributed by atoms with van der Waals surface area (Å²) in [5.41, 5.74) is 4.47. The van der Waals surface area contributed by atoms with Gasteiger partial charge in [-0.25, -0.2) is 5.43 Å². The molecule has 3 nitrogen and oxygen atoms in total. The molecule has 0 fully saturated rings. The highest BCUT2D eigenvalue weighted by atomic mass is 35.5. The van der Waals surface area contributed by atoms with Gasteiger partial charge in [0.1, 0.15) is 5.71 Å². The van der Waals surface area contributed by atoms with E-state index < -0.39 is 0 Å². The van der Waals surface area contributed by atoms with Gasteiger partial charge in [-0.05, 0) is 36.9 Å². The van der Waals surface area contributed by atoms with Crippen molar-refractivity contribution in [3.8, 4) is 0 Å². The number of hydrogen-bond acceptors (Lipinski definition) is 4. The molecule has 0 saturated carbocycles. The Labute approximate surface area is 175 Å². The number of halogens is 1. The number of hydrogen-bond donors (Lipinski definition) is 1. The van der Waals surface area contributed by atoms with Crippen LogP contribution < -0.4 is 5.43 Å². The van der Waals surface area contributed by atoms with Crippen LogP contribution in [0.2, 0.25) is 5.02 Å². The number of nitrogens with one attached hydrogen (secondary N) is 1. The molecule has 27 heavy (non-hydrogen) atoms. The van der Waals surface area contributed by atoms with E-state index in [-0.39, 0.29) is 5.91 Å². The third-order valence-electron chi connectivity index (χ3n) is 4.10. The minimum Gasteiger partial charge on any atom is -0.273 e. The Balaban J connectivity index is 2.08. The predicted molar refractivity (Wildman–Crippen MR) is 120 cm³/mol. The van der Waals surface area contributed by atoms with E-state index in [2.05, 4.69) is 35.8 Å². The number of nitrogens with zero attached hydrogens (tertiary/aromatic N) is 1. The first-order chi connectivity index (χ1) is 13.1. The maximum Gasteiger partial charge on any atom is 0.240 e. The van der Waals surface area contributed by atoms with Crippen LogP contribution in [0.4, 0.5) is 0 Å². The van der Waals surface area contributed by atoms with Crippen molar-refractivity contribution in [2.45, 2.75) is 51.2 Å². The molecule has 0 atom stereocenters. The molecule has 146 valence electrons. The van der Waals surface area contributed by atoms with E-state index in [9.17, 15) is 4.79 Å². The summed E-state index contributed by atoms with van der Waals surface area (Å²) in [4.78, 5) is 14.5. The average Bonchev–Trinajstić information content (AvgIpc) is 3.12. The zero-order valence-electron chi connectivity index (χ0n) is 16.0. The second kappa shape index (κ2) is 12.2. The number of hydrazone groups is 1. The topological polar surface area (TPSA) is 41.5 Å². The highest BCUT2D eigenvalue weighted by molar-refractivity contribution is 7.97. The minimum absolute atomic E-state index is 0.0288. The lowest BCUT2D eigenvalue weighted by Gasteiger charge is -2.06. The van der Waals surface area contributed by atoms with Crippen LogP contribution in [0.5, 0.6) is 0 Å². The molecule has 0 saturated heterocycles. The summed E-state index contributed by atoms with van der Waals surface area (Å²) in [6.07, 6.45) is 8.25. The maximum absolute atomic E-state index is 12.2. The van der Waals surface area contributed by atoms with Crippen LogP contribution in [0.1, 0.15) is 60.8 Å². The third-order valence-corrected chi connectivity index (χ3v) is 6.23. The first-order valence-corrected chi connectivity index (χ1v) is 11.9. The molecule has 0 radical (unpaired) electrons. The van der Waals surface area contributed by atoms with Crippen LogP contribution in [-0.4, -0.2) is 17.9 Å². The fraction of sp³-hybridized carbons (Fsp3) is 0.429. The summed E-state index contributed by atoms with van der Waals surface area (Å²) in [5.74, 6) is 0.946. The second-order valence-electron chi connectivity index (χ2n) is 6.37. The van der Waals surface area contributed by atoms with Gasteiger partial charge >= 0.3 is 0 Å². The number of thioether (sulfide) groups is 1. The molecule has 1 amide bonds. The lowest BCUT2D eigenvalue weighted by Crippen LogP contribution is -2.19. The van der Waals surface area contributed by atoms with Crippen LogP contribution in [0.15, 0.2) is 41.5 Å². The van der Waals surface area contributed by atoms with Crippen LogP contribution in [0.3, 0.4) is 0 Å². The van der Waals surface area contributed by atoms with E-state index in [1.165, 1.54) is 24.1 Å². The van der Waals surface area contributed by atoms with Crippen LogP contribution in [0.25, 0.3) is 0 Å². The van der Waals surface area contributed by atoms with Crippen molar-refractivity contribution in [1.82, 2.24) is 5.43 Å². The largest absolute Gasteiger partial charge is 0.273 e. The molecule has 1 N–H and O–H groups in total. The van der Waals surface area contributed by atoms with E-state index in [1.807, 2.05) is 24.3 Å². The smallest absolute Gasteiger partial charge is 0.240 e. The summed E-state index contributed by atoms with van der Waals surface area (Å²) in [5, 5.41) is 5.14. The number of unbranched alkanes of at least 4 members (excludes halogenated alkanes) is 4. The van der Waals surface area contributed by atoms with Gasteiger partial charge in [0.25, 0.3) is 0 Å². The highest BCUT2D eigenvalue weighted by Gasteiger charge is 2.12. The van der Waals surface area contributed by atoms with Gasteiger partial charge in [0.15, 0.2) is 0 Å². The second-order valence-corrected chi connectivity index (χ2v) is 8.84. The molecule has 0 bridgehead atoms. The fourth-order valence-electron chi connectivity index (χ4n) is 2.66. The number of rotatable bonds is 11. The van der Waals surface area contributed by atoms with E-state index in [1.54, 1.807) is 23.1 Å². The molecule has 1 aromatic carbocycles. The van der Waals surface area contributed by atoms with Crippen molar-refractivity contribution in [2.75, 3.05) is 6.26 Å². The molecule has 0 aliphatic rings. The third kappa shape index (κ3) is 7.68. The Bertz CT molecular complexity index is 741. The molecule has 2 rings (SSSR count). The minimum atomic E-state index is -0.0288. The highest BCUT2D eigenvalue weighted by Crippen LogP contribution is 2.24. The Morgan fingerprint density at radius 3 is 2.56 bits per heavy atom. The summed E-state index contributed by atoms with van der Waals surface area (Å²) in [6, 6.07) is 11.8. The van der Waals surface area contributed by atoms with Gasteiger partial charge < -0.3 is 0 Å². The summed E-state index contributed by atoms with van der Waals surface area (Å²) in [7, 11) is 0. The predicted octanol–water partition coefficient (Wildman–Crippen LogP) is 6.49. The van der Waals surface area contributed by atoms with Gasteiger partial charge in [-0.3, -0.25) is 4.79 Å². The van der Waals surface area contributed by atoms with Gasteiger partial charge in [-0.2, -0.15) is 16.9 Å². The van der Waals surface area contributed by atoms with E-state index in [0.29, 0.717) is 11.4 Å². The maximum atomic E-state index is 12.2. The number of carbonyl (C=O) groups excluding carboxylic acids is 1. The van der Waals surface area contributed by atoms with Crippen molar-refractivity contribution >= 4 is 46.3 Å². The van der Waals surface area contributed by atoms with Crippen LogP contribution in [-0.2, 0) is 10.5 Å². The number of amides is 1. The monoisotopic (exact) mass is 422 g/mol. The molecule has 0 unspecified atom stereocenters. The van der Waals surface area contributed by atoms with Crippen molar-refractivity contribution in [2.24, 2.45) is 5.10 Å². The number of benzene rings is 1. The molecule has 2 aromatic rings. The van der Waals surface area contributed by atoms with Crippen molar-refractivity contribution in [1.29, 1.82) is 0 Å². The van der Waals surface area contributed by atoms with Crippen molar-refractivity contribution < 1.29 is 4.79 Å². The van der Waals surface area contributed by atoms with Gasteiger partial charge in [-0.15, -0.1) is 11.3 Å². The zero-order valence-corrected chi connectivity index (χ0v) is 18.4. The summed E-state index contributed by atoms with van der Waals surface area (Å²) < 4.78 is 0. The Morgan fingerprint density at radius 1 is 1.11 bits per heavy atom. The van der Waals surface area contributed by atoms with Gasteiger partial charge in [0.05, 0.1) is 4.88 Å². The van der Waals surface area contributed by atoms with Crippen molar-refractivity contribution in [3.05, 3.63) is 56.7 Å². The van der Waals surface area contributed by atoms with Gasteiger partial charge in [0, 0.05) is 27.6 Å². The van der Waals surface area contributed by atoms with Crippen LogP contribution >= 0.6 is 34.7 Å². The number of thiophene rings is 1. The normalized spacial score (nSPS) is 11.6. The molecule has 0 spiro atoms. The zero-order chi connectivity index (χ0) is 19.5. The lowest BCUT2D eigenvalue weighted by molar-refractivity contribution is -0.121. The molecule has 0 aliphatic heterocycles. The Morgan fingerprint density at radius 2 is 1.85 bits per heavy atom. The molecule has 6 heteroatoms. The molecule has 0 aliphatic carbocycles. The first kappa shape index (κ1) is 22.0. The summed E-state index contributed by atoms with van der Waals surface area (Å²) in [6.45, 7) is 2.19. The van der Waals surface area contributed by atoms with E-state index in [0.717, 1.165) is 34.7 Å². The molecular weight excluding hydrogens is 396 g/mol. The fourth-order valence-corrected chi connectivity index (χ4v) is 4.57. The van der Waals surface area contributed by atoms with Crippen molar-refractivity contribution in [3.63, 3.8) is 0 Å². The van der Waals surface area contributed by atoms with Crippen LogP contribution in [0, 0.1) is 0 Å². The average molecular weight is 423 g/mol. The molecule has 1 aromatic heterocycles.